The molecule has 0 aromatic rings. The Morgan fingerprint density at radius 2 is 2.00 bits per heavy atom. The molecule has 0 fully saturated rings. The molecule has 0 amide bonds. The average molecular weight is 116 g/mol. The zero-order valence-electron chi connectivity index (χ0n) is 3.98. The van der Waals surface area contributed by atoms with Gasteiger partial charge in [-0.1, -0.05) is 18.8 Å². The summed E-state index contributed by atoms with van der Waals surface area (Å²) in [6, 6.07) is 0. The molecular weight excluding hydrogens is 108 g/mol. The zero-order chi connectivity index (χ0) is 5.86. The van der Waals surface area contributed by atoms with Gasteiger partial charge in [0.2, 0.25) is 0 Å². The number of hydrogen-bond donors (Lipinski definition) is 2. The lowest BCUT2D eigenvalue weighted by atomic mass is 10.4. The fraction of sp³-hybridized carbons (Fsp3) is 0.250. The van der Waals surface area contributed by atoms with Crippen molar-refractivity contribution in [2.24, 2.45) is 11.5 Å². The third-order valence-electron chi connectivity index (χ3n) is 0.401. The van der Waals surface area contributed by atoms with Crippen LogP contribution in [0.5, 0.6) is 0 Å². The van der Waals surface area contributed by atoms with Crippen molar-refractivity contribution in [2.75, 3.05) is 0 Å². The molecule has 0 aromatic heterocycles. The summed E-state index contributed by atoms with van der Waals surface area (Å²) in [5.74, 6) is 0. The molecule has 0 spiro atoms. The maximum absolute atomic E-state index is 5.13. The van der Waals surface area contributed by atoms with Gasteiger partial charge >= 0.3 is 0 Å². The topological polar surface area (TPSA) is 52.0 Å². The summed E-state index contributed by atoms with van der Waals surface area (Å²) < 4.78 is 0. The smallest absolute Gasteiger partial charge is 0.0786 e. The first kappa shape index (κ1) is 6.43. The Bertz CT molecular complexity index is 85.9. The molecule has 0 aliphatic rings. The molecule has 0 atom stereocenters. The van der Waals surface area contributed by atoms with Crippen molar-refractivity contribution in [1.29, 1.82) is 0 Å². The van der Waals surface area contributed by atoms with Crippen molar-refractivity contribution in [3.8, 4) is 0 Å². The van der Waals surface area contributed by atoms with Gasteiger partial charge in [0.25, 0.3) is 0 Å². The second kappa shape index (κ2) is 2.58. The normalized spacial score (nSPS) is 8.00. The lowest BCUT2D eigenvalue weighted by Gasteiger charge is -1.91. The van der Waals surface area contributed by atoms with Crippen LogP contribution >= 0.6 is 12.2 Å². The third-order valence-corrected chi connectivity index (χ3v) is 0.546. The van der Waals surface area contributed by atoms with Crippen molar-refractivity contribution in [2.45, 2.75) is 6.42 Å². The lowest BCUT2D eigenvalue weighted by molar-refractivity contribution is 1.23. The Morgan fingerprint density at radius 1 is 1.57 bits per heavy atom. The van der Waals surface area contributed by atoms with Gasteiger partial charge in [0.05, 0.1) is 4.99 Å². The summed E-state index contributed by atoms with van der Waals surface area (Å²) in [5, 5.41) is 0. The highest BCUT2D eigenvalue weighted by Gasteiger charge is 1.85. The standard InChI is InChI=1S/C4H8N2S/c1-3(5)2-4(6)7/h1-2,5H2,(H2,6,7). The summed E-state index contributed by atoms with van der Waals surface area (Å²) in [6.45, 7) is 3.41. The van der Waals surface area contributed by atoms with Crippen molar-refractivity contribution in [1.82, 2.24) is 0 Å². The van der Waals surface area contributed by atoms with Gasteiger partial charge in [-0.2, -0.15) is 0 Å². The maximum Gasteiger partial charge on any atom is 0.0786 e. The highest BCUT2D eigenvalue weighted by molar-refractivity contribution is 7.80. The van der Waals surface area contributed by atoms with E-state index >= 15 is 0 Å². The molecule has 0 saturated carbocycles. The highest BCUT2D eigenvalue weighted by atomic mass is 32.1. The SMILES string of the molecule is C=C(N)CC(N)=S. The molecule has 3 heteroatoms. The number of thiocarbonyl (C=S) groups is 1. The second-order valence-electron chi connectivity index (χ2n) is 1.30. The van der Waals surface area contributed by atoms with Crippen molar-refractivity contribution in [3.05, 3.63) is 12.3 Å². The third kappa shape index (κ3) is 5.43. The summed E-state index contributed by atoms with van der Waals surface area (Å²) in [6.07, 6.45) is 0.454. The van der Waals surface area contributed by atoms with E-state index in [1.54, 1.807) is 0 Å². The highest BCUT2D eigenvalue weighted by Crippen LogP contribution is 1.85. The minimum absolute atomic E-state index is 0.396. The van der Waals surface area contributed by atoms with Gasteiger partial charge in [-0.15, -0.1) is 0 Å². The van der Waals surface area contributed by atoms with Crippen molar-refractivity contribution in [3.63, 3.8) is 0 Å². The summed E-state index contributed by atoms with van der Waals surface area (Å²) >= 11 is 4.51. The molecule has 0 saturated heterocycles. The molecule has 0 aliphatic heterocycles. The first-order chi connectivity index (χ1) is 3.13. The maximum atomic E-state index is 5.13. The first-order valence-electron chi connectivity index (χ1n) is 1.84. The molecule has 0 aromatic carbocycles. The molecule has 0 radical (unpaired) electrons. The van der Waals surface area contributed by atoms with Crippen LogP contribution in [0.2, 0.25) is 0 Å². The first-order valence-corrected chi connectivity index (χ1v) is 2.25. The summed E-state index contributed by atoms with van der Waals surface area (Å²) in [7, 11) is 0. The average Bonchev–Trinajstić information content (AvgIpc) is 1.27. The van der Waals surface area contributed by atoms with Crippen LogP contribution in [0.4, 0.5) is 0 Å². The molecule has 7 heavy (non-hydrogen) atoms. The quantitative estimate of drug-likeness (QED) is 0.504. The van der Waals surface area contributed by atoms with Gasteiger partial charge in [0, 0.05) is 12.1 Å². The second-order valence-corrected chi connectivity index (χ2v) is 1.83. The van der Waals surface area contributed by atoms with Gasteiger partial charge in [-0.25, -0.2) is 0 Å². The molecule has 0 bridgehead atoms. The van der Waals surface area contributed by atoms with E-state index in [0.717, 1.165) is 0 Å². The van der Waals surface area contributed by atoms with Crippen molar-refractivity contribution < 1.29 is 0 Å². The van der Waals surface area contributed by atoms with Crippen molar-refractivity contribution >= 4 is 17.2 Å². The monoisotopic (exact) mass is 116 g/mol. The fourth-order valence-corrected chi connectivity index (χ4v) is 0.409. The van der Waals surface area contributed by atoms with E-state index < -0.39 is 0 Å². The largest absolute Gasteiger partial charge is 0.402 e. The van der Waals surface area contributed by atoms with E-state index in [2.05, 4.69) is 18.8 Å². The van der Waals surface area contributed by atoms with Gasteiger partial charge in [0.1, 0.15) is 0 Å². The Balaban J connectivity index is 3.32. The van der Waals surface area contributed by atoms with Gasteiger partial charge in [-0.05, 0) is 0 Å². The van der Waals surface area contributed by atoms with Gasteiger partial charge in [-0.3, -0.25) is 0 Å². The van der Waals surface area contributed by atoms with Gasteiger partial charge < -0.3 is 11.5 Å². The van der Waals surface area contributed by atoms with Crippen LogP contribution in [0.15, 0.2) is 12.3 Å². The Kier molecular flexibility index (Phi) is 2.37. The molecule has 40 valence electrons. The van der Waals surface area contributed by atoms with E-state index in [0.29, 0.717) is 17.1 Å². The zero-order valence-corrected chi connectivity index (χ0v) is 4.79. The number of hydrogen-bond acceptors (Lipinski definition) is 2. The fourth-order valence-electron chi connectivity index (χ4n) is 0.224. The van der Waals surface area contributed by atoms with E-state index in [1.807, 2.05) is 0 Å². The van der Waals surface area contributed by atoms with Crippen LogP contribution in [0, 0.1) is 0 Å². The Hall–Kier alpha value is -0.570. The molecule has 0 unspecified atom stereocenters. The van der Waals surface area contributed by atoms with Crippen LogP contribution in [0.25, 0.3) is 0 Å². The molecular formula is C4H8N2S. The number of nitrogens with two attached hydrogens (primary N) is 2. The Labute approximate surface area is 48.2 Å². The van der Waals surface area contributed by atoms with Crippen LogP contribution in [-0.4, -0.2) is 4.99 Å². The lowest BCUT2D eigenvalue weighted by Crippen LogP contribution is -2.11. The van der Waals surface area contributed by atoms with E-state index in [1.165, 1.54) is 0 Å². The van der Waals surface area contributed by atoms with E-state index in [-0.39, 0.29) is 0 Å². The van der Waals surface area contributed by atoms with E-state index in [4.69, 9.17) is 11.5 Å². The van der Waals surface area contributed by atoms with Crippen LogP contribution in [0.1, 0.15) is 6.42 Å². The minimum atomic E-state index is 0.396. The predicted octanol–water partition coefficient (Wildman–Crippen LogP) is 0.135. The van der Waals surface area contributed by atoms with Crippen LogP contribution in [0.3, 0.4) is 0 Å². The van der Waals surface area contributed by atoms with E-state index in [9.17, 15) is 0 Å². The minimum Gasteiger partial charge on any atom is -0.402 e. The molecule has 0 aliphatic carbocycles. The van der Waals surface area contributed by atoms with Gasteiger partial charge in [0.15, 0.2) is 0 Å². The molecule has 0 rings (SSSR count). The predicted molar refractivity (Wildman–Crippen MR) is 34.7 cm³/mol. The summed E-state index contributed by atoms with van der Waals surface area (Å²) in [5.41, 5.74) is 10.7. The molecule has 2 nitrogen and oxygen atoms in total. The molecule has 4 N–H and O–H groups in total. The summed E-state index contributed by atoms with van der Waals surface area (Å²) in [4.78, 5) is 0.396. The Morgan fingerprint density at radius 3 is 2.00 bits per heavy atom. The molecule has 0 heterocycles. The number of rotatable bonds is 2. The van der Waals surface area contributed by atoms with Crippen LogP contribution < -0.4 is 11.5 Å². The van der Waals surface area contributed by atoms with Crippen LogP contribution in [-0.2, 0) is 0 Å².